The number of hydrogen-bond acceptors (Lipinski definition) is 4. The average molecular weight is 335 g/mol. The number of aromatic nitrogens is 3. The predicted octanol–water partition coefficient (Wildman–Crippen LogP) is 0.843. The summed E-state index contributed by atoms with van der Waals surface area (Å²) in [4.78, 5) is 31.6. The van der Waals surface area contributed by atoms with Gasteiger partial charge in [-0.1, -0.05) is 0 Å². The lowest BCUT2D eigenvalue weighted by molar-refractivity contribution is -0.124. The first kappa shape index (κ1) is 16.0. The number of imidazole rings is 1. The average Bonchev–Trinajstić information content (AvgIpc) is 2.95. The zero-order chi connectivity index (χ0) is 17.3. The van der Waals surface area contributed by atoms with Gasteiger partial charge in [0.25, 0.3) is 5.91 Å². The summed E-state index contributed by atoms with van der Waals surface area (Å²) in [5.41, 5.74) is -0.494. The minimum absolute atomic E-state index is 0.153. The quantitative estimate of drug-likeness (QED) is 0.870. The smallest absolute Gasteiger partial charge is 0.273 e. The fourth-order valence-electron chi connectivity index (χ4n) is 2.69. The van der Waals surface area contributed by atoms with Crippen molar-refractivity contribution in [2.75, 3.05) is 0 Å². The molecule has 9 heteroatoms. The van der Waals surface area contributed by atoms with Gasteiger partial charge in [0.15, 0.2) is 11.5 Å². The van der Waals surface area contributed by atoms with Gasteiger partial charge in [-0.15, -0.1) is 0 Å². The molecule has 0 aliphatic carbocycles. The van der Waals surface area contributed by atoms with E-state index in [1.807, 2.05) is 0 Å². The summed E-state index contributed by atoms with van der Waals surface area (Å²) in [6, 6.07) is -0.429. The zero-order valence-electron chi connectivity index (χ0n) is 12.8. The maximum absolute atomic E-state index is 13.7. The van der Waals surface area contributed by atoms with Crippen molar-refractivity contribution in [3.8, 4) is 0 Å². The molecule has 2 amide bonds. The summed E-state index contributed by atoms with van der Waals surface area (Å²) in [7, 11) is 1.77. The standard InChI is InChI=1S/C15H15F2N5O2/c1-22-5-4-18-14(22)13-10(2-3-11(23)21-13)20-15(24)12-9(17)6-8(16)7-19-12/h4-7,10,13H,2-3H2,1H3,(H,20,24)(H,21,23)/t10-,13-/m1/s1. The lowest BCUT2D eigenvalue weighted by Crippen LogP contribution is -2.51. The van der Waals surface area contributed by atoms with Crippen LogP contribution in [0.4, 0.5) is 8.78 Å². The van der Waals surface area contributed by atoms with Gasteiger partial charge in [0.2, 0.25) is 5.91 Å². The van der Waals surface area contributed by atoms with E-state index in [0.717, 1.165) is 6.20 Å². The van der Waals surface area contributed by atoms with Gasteiger partial charge >= 0.3 is 0 Å². The molecule has 0 saturated carbocycles. The number of pyridine rings is 1. The fourth-order valence-corrected chi connectivity index (χ4v) is 2.69. The first-order valence-electron chi connectivity index (χ1n) is 7.34. The molecule has 2 aromatic heterocycles. The van der Waals surface area contributed by atoms with Crippen LogP contribution >= 0.6 is 0 Å². The summed E-state index contributed by atoms with van der Waals surface area (Å²) in [6.45, 7) is 0. The molecule has 1 aliphatic rings. The molecule has 126 valence electrons. The molecule has 0 aromatic carbocycles. The molecular weight excluding hydrogens is 320 g/mol. The second kappa shape index (κ2) is 6.34. The largest absolute Gasteiger partial charge is 0.345 e. The second-order valence-electron chi connectivity index (χ2n) is 5.54. The van der Waals surface area contributed by atoms with Crippen LogP contribution in [0.5, 0.6) is 0 Å². The van der Waals surface area contributed by atoms with Crippen molar-refractivity contribution in [2.24, 2.45) is 7.05 Å². The van der Waals surface area contributed by atoms with Crippen molar-refractivity contribution in [2.45, 2.75) is 24.9 Å². The van der Waals surface area contributed by atoms with Crippen LogP contribution in [0.2, 0.25) is 0 Å². The highest BCUT2D eigenvalue weighted by Gasteiger charge is 2.34. The van der Waals surface area contributed by atoms with Crippen LogP contribution in [0.15, 0.2) is 24.7 Å². The molecule has 2 atom stereocenters. The topological polar surface area (TPSA) is 88.9 Å². The Morgan fingerprint density at radius 3 is 2.88 bits per heavy atom. The molecule has 7 nitrogen and oxygen atoms in total. The molecule has 3 rings (SSSR count). The van der Waals surface area contributed by atoms with E-state index in [9.17, 15) is 18.4 Å². The highest BCUT2D eigenvalue weighted by atomic mass is 19.1. The number of piperidine rings is 1. The minimum atomic E-state index is -1.04. The zero-order valence-corrected chi connectivity index (χ0v) is 12.8. The van der Waals surface area contributed by atoms with Gasteiger partial charge in [-0.05, 0) is 6.42 Å². The van der Waals surface area contributed by atoms with E-state index in [1.54, 1.807) is 24.0 Å². The third-order valence-corrected chi connectivity index (χ3v) is 3.88. The van der Waals surface area contributed by atoms with Gasteiger partial charge < -0.3 is 15.2 Å². The van der Waals surface area contributed by atoms with Gasteiger partial charge in [-0.2, -0.15) is 0 Å². The lowest BCUT2D eigenvalue weighted by atomic mass is 9.97. The Morgan fingerprint density at radius 1 is 1.42 bits per heavy atom. The number of aryl methyl sites for hydroxylation is 1. The number of halogens is 2. The van der Waals surface area contributed by atoms with Gasteiger partial charge in [0.05, 0.1) is 12.2 Å². The predicted molar refractivity (Wildman–Crippen MR) is 78.7 cm³/mol. The molecule has 1 saturated heterocycles. The SMILES string of the molecule is Cn1ccnc1[C@@H]1NC(=O)CC[C@H]1NC(=O)c1ncc(F)cc1F. The van der Waals surface area contributed by atoms with Crippen LogP contribution in [-0.2, 0) is 11.8 Å². The summed E-state index contributed by atoms with van der Waals surface area (Å²) in [6.07, 6.45) is 4.67. The molecule has 0 radical (unpaired) electrons. The monoisotopic (exact) mass is 335 g/mol. The second-order valence-corrected chi connectivity index (χ2v) is 5.54. The number of carbonyl (C=O) groups is 2. The molecule has 0 bridgehead atoms. The van der Waals surface area contributed by atoms with Crippen LogP contribution in [-0.4, -0.2) is 32.4 Å². The van der Waals surface area contributed by atoms with E-state index in [-0.39, 0.29) is 12.3 Å². The molecular formula is C15H15F2N5O2. The molecule has 1 fully saturated rings. The van der Waals surface area contributed by atoms with Crippen molar-refractivity contribution >= 4 is 11.8 Å². The van der Waals surface area contributed by atoms with E-state index >= 15 is 0 Å². The Hall–Kier alpha value is -2.84. The van der Waals surface area contributed by atoms with Gasteiger partial charge in [-0.25, -0.2) is 18.7 Å². The van der Waals surface area contributed by atoms with Gasteiger partial charge in [0, 0.05) is 31.9 Å². The van der Waals surface area contributed by atoms with E-state index in [4.69, 9.17) is 0 Å². The molecule has 0 unspecified atom stereocenters. The van der Waals surface area contributed by atoms with Crippen LogP contribution < -0.4 is 10.6 Å². The van der Waals surface area contributed by atoms with Crippen molar-refractivity contribution in [3.63, 3.8) is 0 Å². The summed E-state index contributed by atoms with van der Waals surface area (Å²) in [5, 5.41) is 5.43. The summed E-state index contributed by atoms with van der Waals surface area (Å²) < 4.78 is 28.3. The van der Waals surface area contributed by atoms with Crippen LogP contribution in [0.3, 0.4) is 0 Å². The van der Waals surface area contributed by atoms with E-state index < -0.39 is 35.3 Å². The number of hydrogen-bond donors (Lipinski definition) is 2. The molecule has 1 aliphatic heterocycles. The lowest BCUT2D eigenvalue weighted by Gasteiger charge is -2.32. The minimum Gasteiger partial charge on any atom is -0.345 e. The highest BCUT2D eigenvalue weighted by molar-refractivity contribution is 5.93. The third kappa shape index (κ3) is 3.10. The van der Waals surface area contributed by atoms with Gasteiger partial charge in [0.1, 0.15) is 17.7 Å². The van der Waals surface area contributed by atoms with Crippen LogP contribution in [0.25, 0.3) is 0 Å². The molecule has 0 spiro atoms. The van der Waals surface area contributed by atoms with E-state index in [1.165, 1.54) is 0 Å². The van der Waals surface area contributed by atoms with Crippen molar-refractivity contribution in [1.29, 1.82) is 0 Å². The molecule has 2 aromatic rings. The maximum Gasteiger partial charge on any atom is 0.273 e. The van der Waals surface area contributed by atoms with Crippen molar-refractivity contribution in [1.82, 2.24) is 25.2 Å². The number of nitrogens with zero attached hydrogens (tertiary/aromatic N) is 3. The number of carbonyl (C=O) groups excluding carboxylic acids is 2. The Morgan fingerprint density at radius 2 is 2.21 bits per heavy atom. The number of nitrogens with one attached hydrogen (secondary N) is 2. The summed E-state index contributed by atoms with van der Waals surface area (Å²) in [5.74, 6) is -2.26. The highest BCUT2D eigenvalue weighted by Crippen LogP contribution is 2.23. The molecule has 24 heavy (non-hydrogen) atoms. The first-order valence-corrected chi connectivity index (χ1v) is 7.34. The van der Waals surface area contributed by atoms with Crippen molar-refractivity contribution < 1.29 is 18.4 Å². The molecule has 3 heterocycles. The van der Waals surface area contributed by atoms with Crippen LogP contribution in [0, 0.1) is 11.6 Å². The normalized spacial score (nSPS) is 20.5. The Bertz CT molecular complexity index is 792. The van der Waals surface area contributed by atoms with Gasteiger partial charge in [-0.3, -0.25) is 9.59 Å². The summed E-state index contributed by atoms with van der Waals surface area (Å²) >= 11 is 0. The number of rotatable bonds is 3. The van der Waals surface area contributed by atoms with E-state index in [2.05, 4.69) is 20.6 Å². The van der Waals surface area contributed by atoms with E-state index in [0.29, 0.717) is 18.3 Å². The number of amides is 2. The Kier molecular flexibility index (Phi) is 4.24. The fraction of sp³-hybridized carbons (Fsp3) is 0.333. The molecule has 2 N–H and O–H groups in total. The third-order valence-electron chi connectivity index (χ3n) is 3.88. The maximum atomic E-state index is 13.7. The Labute approximate surface area is 136 Å². The van der Waals surface area contributed by atoms with Crippen LogP contribution in [0.1, 0.15) is 35.2 Å². The Balaban J connectivity index is 1.82. The van der Waals surface area contributed by atoms with Crippen molar-refractivity contribution in [3.05, 3.63) is 47.8 Å². The first-order chi connectivity index (χ1) is 11.5.